The SMILES string of the molecule is COc1cc2cc(C(=O)Oc3ccc([N+](=O)[O-])cc3)[nH]c2cc1OC. The molecular weight excluding hydrogens is 328 g/mol. The molecule has 0 aliphatic rings. The third kappa shape index (κ3) is 3.23. The number of H-pyrrole nitrogens is 1. The molecule has 0 bridgehead atoms. The van der Waals surface area contributed by atoms with E-state index in [1.807, 2.05) is 0 Å². The van der Waals surface area contributed by atoms with Crippen molar-refractivity contribution in [3.05, 3.63) is 58.3 Å². The van der Waals surface area contributed by atoms with Crippen LogP contribution in [0.4, 0.5) is 5.69 Å². The highest BCUT2D eigenvalue weighted by Gasteiger charge is 2.15. The maximum atomic E-state index is 12.3. The lowest BCUT2D eigenvalue weighted by atomic mass is 10.2. The molecule has 128 valence electrons. The predicted octanol–water partition coefficient (Wildman–Crippen LogP) is 3.31. The number of carbonyl (C=O) groups is 1. The number of nitrogens with one attached hydrogen (secondary N) is 1. The van der Waals surface area contributed by atoms with Gasteiger partial charge in [-0.15, -0.1) is 0 Å². The topological polar surface area (TPSA) is 104 Å². The van der Waals surface area contributed by atoms with E-state index in [0.717, 1.165) is 5.39 Å². The van der Waals surface area contributed by atoms with Crippen LogP contribution in [0.1, 0.15) is 10.5 Å². The summed E-state index contributed by atoms with van der Waals surface area (Å²) >= 11 is 0. The van der Waals surface area contributed by atoms with E-state index >= 15 is 0 Å². The first-order chi connectivity index (χ1) is 12.0. The minimum absolute atomic E-state index is 0.0791. The molecule has 0 atom stereocenters. The van der Waals surface area contributed by atoms with E-state index < -0.39 is 10.9 Å². The number of ether oxygens (including phenoxy) is 3. The average molecular weight is 342 g/mol. The number of hydrogen-bond donors (Lipinski definition) is 1. The van der Waals surface area contributed by atoms with E-state index in [0.29, 0.717) is 17.0 Å². The van der Waals surface area contributed by atoms with E-state index in [1.165, 1.54) is 38.5 Å². The number of rotatable bonds is 5. The Morgan fingerprint density at radius 2 is 1.68 bits per heavy atom. The van der Waals surface area contributed by atoms with Crippen LogP contribution < -0.4 is 14.2 Å². The highest BCUT2D eigenvalue weighted by Crippen LogP contribution is 2.32. The Morgan fingerprint density at radius 1 is 1.04 bits per heavy atom. The summed E-state index contributed by atoms with van der Waals surface area (Å²) < 4.78 is 15.7. The number of carbonyl (C=O) groups excluding carboxylic acids is 1. The summed E-state index contributed by atoms with van der Waals surface area (Å²) in [4.78, 5) is 25.3. The smallest absolute Gasteiger partial charge is 0.360 e. The summed E-state index contributed by atoms with van der Waals surface area (Å²) in [6.07, 6.45) is 0. The van der Waals surface area contributed by atoms with Gasteiger partial charge in [0.15, 0.2) is 11.5 Å². The highest BCUT2D eigenvalue weighted by molar-refractivity contribution is 5.96. The van der Waals surface area contributed by atoms with Gasteiger partial charge in [0, 0.05) is 23.6 Å². The Hall–Kier alpha value is -3.55. The van der Waals surface area contributed by atoms with E-state index in [4.69, 9.17) is 14.2 Å². The van der Waals surface area contributed by atoms with Gasteiger partial charge >= 0.3 is 5.97 Å². The van der Waals surface area contributed by atoms with Crippen molar-refractivity contribution in [1.29, 1.82) is 0 Å². The zero-order valence-electron chi connectivity index (χ0n) is 13.4. The molecule has 2 aromatic carbocycles. The number of non-ortho nitro benzene ring substituents is 1. The highest BCUT2D eigenvalue weighted by atomic mass is 16.6. The van der Waals surface area contributed by atoms with Crippen LogP contribution in [-0.2, 0) is 0 Å². The Balaban J connectivity index is 1.85. The third-order valence-corrected chi connectivity index (χ3v) is 3.60. The fourth-order valence-electron chi connectivity index (χ4n) is 2.37. The van der Waals surface area contributed by atoms with E-state index in [-0.39, 0.29) is 17.1 Å². The van der Waals surface area contributed by atoms with Crippen LogP contribution in [0.2, 0.25) is 0 Å². The standard InChI is InChI=1S/C17H14N2O6/c1-23-15-8-10-7-14(18-13(10)9-16(15)24-2)17(20)25-12-5-3-11(4-6-12)19(21)22/h3-9,18H,1-2H3. The van der Waals surface area contributed by atoms with Gasteiger partial charge in [-0.05, 0) is 24.3 Å². The Morgan fingerprint density at radius 3 is 2.28 bits per heavy atom. The minimum atomic E-state index is -0.608. The number of nitro benzene ring substituents is 1. The van der Waals surface area contributed by atoms with Crippen LogP contribution in [0.15, 0.2) is 42.5 Å². The van der Waals surface area contributed by atoms with Gasteiger partial charge in [0.2, 0.25) is 0 Å². The molecule has 25 heavy (non-hydrogen) atoms. The second-order valence-electron chi connectivity index (χ2n) is 5.12. The zero-order chi connectivity index (χ0) is 18.0. The van der Waals surface area contributed by atoms with Gasteiger partial charge in [0.1, 0.15) is 11.4 Å². The van der Waals surface area contributed by atoms with E-state index in [1.54, 1.807) is 18.2 Å². The summed E-state index contributed by atoms with van der Waals surface area (Å²) in [5.74, 6) is 0.684. The lowest BCUT2D eigenvalue weighted by molar-refractivity contribution is -0.384. The number of nitrogens with zero attached hydrogens (tertiary/aromatic N) is 1. The van der Waals surface area contributed by atoms with Crippen LogP contribution in [-0.4, -0.2) is 30.1 Å². The van der Waals surface area contributed by atoms with E-state index in [9.17, 15) is 14.9 Å². The lowest BCUT2D eigenvalue weighted by Gasteiger charge is -2.06. The number of benzene rings is 2. The van der Waals surface area contributed by atoms with Crippen LogP contribution in [0.5, 0.6) is 17.2 Å². The van der Waals surface area contributed by atoms with Crippen molar-refractivity contribution in [3.8, 4) is 17.2 Å². The van der Waals surface area contributed by atoms with Gasteiger partial charge in [0.05, 0.1) is 24.7 Å². The number of aromatic amines is 1. The molecule has 1 aromatic heterocycles. The second-order valence-corrected chi connectivity index (χ2v) is 5.12. The Kier molecular flexibility index (Phi) is 4.25. The quantitative estimate of drug-likeness (QED) is 0.330. The van der Waals surface area contributed by atoms with Crippen molar-refractivity contribution in [3.63, 3.8) is 0 Å². The number of fused-ring (bicyclic) bond motifs is 1. The van der Waals surface area contributed by atoms with Crippen molar-refractivity contribution in [2.45, 2.75) is 0 Å². The molecular formula is C17H14N2O6. The maximum absolute atomic E-state index is 12.3. The zero-order valence-corrected chi connectivity index (χ0v) is 13.4. The molecule has 1 N–H and O–H groups in total. The summed E-state index contributed by atoms with van der Waals surface area (Å²) in [6.45, 7) is 0. The molecule has 0 spiro atoms. The van der Waals surface area contributed by atoms with Crippen LogP contribution in [0, 0.1) is 10.1 Å². The number of methoxy groups -OCH3 is 2. The monoisotopic (exact) mass is 342 g/mol. The molecule has 0 saturated heterocycles. The summed E-state index contributed by atoms with van der Waals surface area (Å²) in [5.41, 5.74) is 0.849. The molecule has 8 nitrogen and oxygen atoms in total. The van der Waals surface area contributed by atoms with Gasteiger partial charge in [-0.1, -0.05) is 0 Å². The summed E-state index contributed by atoms with van der Waals surface area (Å²) in [6, 6.07) is 10.4. The van der Waals surface area contributed by atoms with Crippen LogP contribution in [0.3, 0.4) is 0 Å². The van der Waals surface area contributed by atoms with Gasteiger partial charge in [-0.3, -0.25) is 10.1 Å². The normalized spacial score (nSPS) is 10.5. The first kappa shape index (κ1) is 16.3. The van der Waals surface area contributed by atoms with Crippen molar-refractivity contribution < 1.29 is 23.9 Å². The summed E-state index contributed by atoms with van der Waals surface area (Å²) in [5, 5.41) is 11.4. The molecule has 8 heteroatoms. The first-order valence-corrected chi connectivity index (χ1v) is 7.23. The fraction of sp³-hybridized carbons (Fsp3) is 0.118. The van der Waals surface area contributed by atoms with Crippen LogP contribution in [0.25, 0.3) is 10.9 Å². The molecule has 0 fully saturated rings. The van der Waals surface area contributed by atoms with Crippen molar-refractivity contribution in [2.75, 3.05) is 14.2 Å². The van der Waals surface area contributed by atoms with E-state index in [2.05, 4.69) is 4.98 Å². The lowest BCUT2D eigenvalue weighted by Crippen LogP contribution is -2.08. The van der Waals surface area contributed by atoms with Gasteiger partial charge in [-0.25, -0.2) is 4.79 Å². The first-order valence-electron chi connectivity index (χ1n) is 7.23. The van der Waals surface area contributed by atoms with Gasteiger partial charge in [0.25, 0.3) is 5.69 Å². The third-order valence-electron chi connectivity index (χ3n) is 3.60. The van der Waals surface area contributed by atoms with Gasteiger partial charge < -0.3 is 19.2 Å². The number of hydrogen-bond acceptors (Lipinski definition) is 6. The average Bonchev–Trinajstić information content (AvgIpc) is 3.03. The minimum Gasteiger partial charge on any atom is -0.493 e. The molecule has 0 saturated carbocycles. The molecule has 0 aliphatic carbocycles. The molecule has 3 rings (SSSR count). The number of nitro groups is 1. The molecule has 0 amide bonds. The molecule has 3 aromatic rings. The van der Waals surface area contributed by atoms with Crippen molar-refractivity contribution >= 4 is 22.6 Å². The Bertz CT molecular complexity index is 905. The summed E-state index contributed by atoms with van der Waals surface area (Å²) in [7, 11) is 3.05. The maximum Gasteiger partial charge on any atom is 0.360 e. The Labute approximate surface area is 142 Å². The van der Waals surface area contributed by atoms with Gasteiger partial charge in [-0.2, -0.15) is 0 Å². The number of aromatic nitrogens is 1. The second kappa shape index (κ2) is 6.52. The molecule has 0 radical (unpaired) electrons. The largest absolute Gasteiger partial charge is 0.493 e. The van der Waals surface area contributed by atoms with Crippen molar-refractivity contribution in [1.82, 2.24) is 4.98 Å². The molecule has 1 heterocycles. The predicted molar refractivity (Wildman–Crippen MR) is 89.5 cm³/mol. The van der Waals surface area contributed by atoms with Crippen LogP contribution >= 0.6 is 0 Å². The molecule has 0 aliphatic heterocycles. The fourth-order valence-corrected chi connectivity index (χ4v) is 2.37. The van der Waals surface area contributed by atoms with Crippen molar-refractivity contribution in [2.24, 2.45) is 0 Å². The number of esters is 1. The molecule has 0 unspecified atom stereocenters.